The zero-order chi connectivity index (χ0) is 18.4. The molecule has 1 aliphatic rings. The van der Waals surface area contributed by atoms with Crippen molar-refractivity contribution >= 4 is 27.8 Å². The zero-order valence-corrected chi connectivity index (χ0v) is 16.0. The molecule has 1 aliphatic heterocycles. The number of carboxylic acids is 1. The van der Waals surface area contributed by atoms with Crippen LogP contribution >= 0.6 is 11.6 Å². The Kier molecular flexibility index (Phi) is 7.25. The molecule has 1 aromatic carbocycles. The summed E-state index contributed by atoms with van der Waals surface area (Å²) >= 11 is 6.01. The molecule has 0 amide bonds. The lowest BCUT2D eigenvalue weighted by atomic mass is 9.99. The molecule has 0 unspecified atom stereocenters. The summed E-state index contributed by atoms with van der Waals surface area (Å²) in [6.45, 7) is 3.21. The number of benzene rings is 1. The van der Waals surface area contributed by atoms with Crippen LogP contribution in [0.25, 0.3) is 0 Å². The third kappa shape index (κ3) is 5.41. The average molecular weight is 389 g/mol. The van der Waals surface area contributed by atoms with Crippen LogP contribution in [0.5, 0.6) is 0 Å². The number of nitrogens with zero attached hydrogens (tertiary/aromatic N) is 2. The lowest BCUT2D eigenvalue weighted by Crippen LogP contribution is -2.47. The second-order valence-corrected chi connectivity index (χ2v) is 8.70. The van der Waals surface area contributed by atoms with Crippen LogP contribution in [0.2, 0.25) is 5.02 Å². The Balaban J connectivity index is 2.13. The van der Waals surface area contributed by atoms with Gasteiger partial charge in [0.2, 0.25) is 0 Å². The fourth-order valence-corrected chi connectivity index (χ4v) is 4.83. The first-order valence-corrected chi connectivity index (χ1v) is 10.3. The quantitative estimate of drug-likeness (QED) is 0.742. The summed E-state index contributed by atoms with van der Waals surface area (Å²) in [5, 5.41) is 9.66. The largest absolute Gasteiger partial charge is 0.481 e. The van der Waals surface area contributed by atoms with Crippen LogP contribution in [0.4, 0.5) is 0 Å². The molecule has 0 aromatic heterocycles. The Morgan fingerprint density at radius 2 is 2.04 bits per heavy atom. The van der Waals surface area contributed by atoms with Gasteiger partial charge in [-0.3, -0.25) is 4.79 Å². The van der Waals surface area contributed by atoms with Crippen molar-refractivity contribution in [2.45, 2.75) is 39.2 Å². The van der Waals surface area contributed by atoms with Gasteiger partial charge < -0.3 is 5.11 Å². The highest BCUT2D eigenvalue weighted by Gasteiger charge is 2.34. The predicted octanol–water partition coefficient (Wildman–Crippen LogP) is 2.98. The standard InChI is InChI=1S/C17H25ClN2O4S/c1-2-3-9-20(13-14-5-4-6-16(18)12-14)25(23,24)19-10-7-15(8-11-19)17(21)22/h4-6,12,15H,2-3,7-11,13H2,1H3,(H,21,22). The summed E-state index contributed by atoms with van der Waals surface area (Å²) < 4.78 is 28.9. The number of carboxylic acid groups (broad SMARTS) is 1. The first-order chi connectivity index (χ1) is 11.8. The molecule has 8 heteroatoms. The summed E-state index contributed by atoms with van der Waals surface area (Å²) in [6.07, 6.45) is 2.37. The summed E-state index contributed by atoms with van der Waals surface area (Å²) in [5.74, 6) is -1.30. The average Bonchev–Trinajstić information content (AvgIpc) is 2.58. The molecule has 6 nitrogen and oxygen atoms in total. The number of unbranched alkanes of at least 4 members (excludes halogenated alkanes) is 1. The Hall–Kier alpha value is -1.15. The smallest absolute Gasteiger partial charge is 0.306 e. The van der Waals surface area contributed by atoms with Gasteiger partial charge in [0.05, 0.1) is 5.92 Å². The topological polar surface area (TPSA) is 77.9 Å². The van der Waals surface area contributed by atoms with Gasteiger partial charge in [-0.1, -0.05) is 37.1 Å². The van der Waals surface area contributed by atoms with Gasteiger partial charge in [-0.15, -0.1) is 0 Å². The van der Waals surface area contributed by atoms with E-state index in [0.717, 1.165) is 18.4 Å². The van der Waals surface area contributed by atoms with E-state index in [4.69, 9.17) is 16.7 Å². The first kappa shape index (κ1) is 20.2. The minimum absolute atomic E-state index is 0.247. The van der Waals surface area contributed by atoms with E-state index >= 15 is 0 Å². The number of piperidine rings is 1. The number of aliphatic carboxylic acids is 1. The van der Waals surface area contributed by atoms with E-state index < -0.39 is 22.1 Å². The molecule has 1 fully saturated rings. The highest BCUT2D eigenvalue weighted by Crippen LogP contribution is 2.23. The molecular weight excluding hydrogens is 364 g/mol. The van der Waals surface area contributed by atoms with E-state index in [-0.39, 0.29) is 19.6 Å². The summed E-state index contributed by atoms with van der Waals surface area (Å²) in [6, 6.07) is 7.19. The van der Waals surface area contributed by atoms with Gasteiger partial charge in [0, 0.05) is 31.2 Å². The Morgan fingerprint density at radius 3 is 2.60 bits per heavy atom. The fourth-order valence-electron chi connectivity index (χ4n) is 2.95. The maximum absolute atomic E-state index is 13.0. The lowest BCUT2D eigenvalue weighted by Gasteiger charge is -2.34. The van der Waals surface area contributed by atoms with Crippen LogP contribution in [-0.4, -0.2) is 47.7 Å². The molecule has 0 aliphatic carbocycles. The Morgan fingerprint density at radius 1 is 1.36 bits per heavy atom. The van der Waals surface area contributed by atoms with Crippen LogP contribution in [-0.2, 0) is 21.5 Å². The van der Waals surface area contributed by atoms with Crippen molar-refractivity contribution in [2.75, 3.05) is 19.6 Å². The summed E-state index contributed by atoms with van der Waals surface area (Å²) in [4.78, 5) is 11.1. The van der Waals surface area contributed by atoms with Gasteiger partial charge >= 0.3 is 5.97 Å². The molecule has 0 radical (unpaired) electrons. The number of hydrogen-bond donors (Lipinski definition) is 1. The maximum Gasteiger partial charge on any atom is 0.306 e. The van der Waals surface area contributed by atoms with E-state index in [2.05, 4.69) is 0 Å². The van der Waals surface area contributed by atoms with Crippen molar-refractivity contribution in [3.8, 4) is 0 Å². The fraction of sp³-hybridized carbons (Fsp3) is 0.588. The SMILES string of the molecule is CCCCN(Cc1cccc(Cl)c1)S(=O)(=O)N1CCC(C(=O)O)CC1. The molecule has 0 atom stereocenters. The van der Waals surface area contributed by atoms with E-state index in [0.29, 0.717) is 24.4 Å². The van der Waals surface area contributed by atoms with Crippen LogP contribution < -0.4 is 0 Å². The van der Waals surface area contributed by atoms with Crippen LogP contribution in [0.15, 0.2) is 24.3 Å². The minimum Gasteiger partial charge on any atom is -0.481 e. The predicted molar refractivity (Wildman–Crippen MR) is 97.6 cm³/mol. The van der Waals surface area contributed by atoms with E-state index in [1.54, 1.807) is 18.2 Å². The maximum atomic E-state index is 13.0. The molecular formula is C17H25ClN2O4S. The summed E-state index contributed by atoms with van der Waals surface area (Å²) in [5.41, 5.74) is 0.840. The van der Waals surface area contributed by atoms with Gasteiger partial charge in [-0.2, -0.15) is 17.0 Å². The molecule has 2 rings (SSSR count). The first-order valence-electron chi connectivity index (χ1n) is 8.57. The van der Waals surface area contributed by atoms with Crippen molar-refractivity contribution in [1.82, 2.24) is 8.61 Å². The van der Waals surface area contributed by atoms with Crippen LogP contribution in [0, 0.1) is 5.92 Å². The molecule has 25 heavy (non-hydrogen) atoms. The van der Waals surface area contributed by atoms with Gasteiger partial charge in [-0.05, 0) is 37.0 Å². The molecule has 1 N–H and O–H groups in total. The number of hydrogen-bond acceptors (Lipinski definition) is 3. The van der Waals surface area contributed by atoms with Gasteiger partial charge in [-0.25, -0.2) is 0 Å². The third-order valence-electron chi connectivity index (χ3n) is 4.46. The lowest BCUT2D eigenvalue weighted by molar-refractivity contribution is -0.142. The van der Waals surface area contributed by atoms with Crippen LogP contribution in [0.1, 0.15) is 38.2 Å². The molecule has 140 valence electrons. The Bertz CT molecular complexity index is 688. The monoisotopic (exact) mass is 388 g/mol. The van der Waals surface area contributed by atoms with Gasteiger partial charge in [0.15, 0.2) is 0 Å². The van der Waals surface area contributed by atoms with Gasteiger partial charge in [0.1, 0.15) is 0 Å². The molecule has 1 aromatic rings. The van der Waals surface area contributed by atoms with Crippen molar-refractivity contribution in [2.24, 2.45) is 5.92 Å². The van der Waals surface area contributed by atoms with Crippen molar-refractivity contribution in [3.63, 3.8) is 0 Å². The van der Waals surface area contributed by atoms with Crippen molar-refractivity contribution < 1.29 is 18.3 Å². The van der Waals surface area contributed by atoms with E-state index in [9.17, 15) is 13.2 Å². The molecule has 0 saturated carbocycles. The minimum atomic E-state index is -3.63. The van der Waals surface area contributed by atoms with Gasteiger partial charge in [0.25, 0.3) is 10.2 Å². The number of carbonyl (C=O) groups is 1. The highest BCUT2D eigenvalue weighted by molar-refractivity contribution is 7.86. The van der Waals surface area contributed by atoms with E-state index in [1.807, 2.05) is 13.0 Å². The normalized spacial score (nSPS) is 17.1. The van der Waals surface area contributed by atoms with Crippen molar-refractivity contribution in [3.05, 3.63) is 34.9 Å². The second kappa shape index (κ2) is 8.98. The molecule has 0 spiro atoms. The number of halogens is 1. The molecule has 1 saturated heterocycles. The van der Waals surface area contributed by atoms with Crippen molar-refractivity contribution in [1.29, 1.82) is 0 Å². The second-order valence-electron chi connectivity index (χ2n) is 6.34. The van der Waals surface area contributed by atoms with E-state index in [1.165, 1.54) is 8.61 Å². The zero-order valence-electron chi connectivity index (χ0n) is 14.4. The number of rotatable bonds is 8. The van der Waals surface area contributed by atoms with Crippen LogP contribution in [0.3, 0.4) is 0 Å². The molecule has 1 heterocycles. The molecule has 0 bridgehead atoms. The summed E-state index contributed by atoms with van der Waals surface area (Å²) in [7, 11) is -3.63. The Labute approximate surface area is 154 Å². The third-order valence-corrected chi connectivity index (χ3v) is 6.68. The highest BCUT2D eigenvalue weighted by atomic mass is 35.5.